The number of para-hydroxylation sites is 1. The molecule has 28 heavy (non-hydrogen) atoms. The first-order valence-corrected chi connectivity index (χ1v) is 10.3. The Balaban J connectivity index is 1.24. The Bertz CT molecular complexity index is 1120. The molecule has 4 aromatic rings. The highest BCUT2D eigenvalue weighted by Crippen LogP contribution is 2.30. The minimum absolute atomic E-state index is 0.0229. The van der Waals surface area contributed by atoms with Gasteiger partial charge in [0.15, 0.2) is 6.61 Å². The first-order valence-electron chi connectivity index (χ1n) is 9.29. The van der Waals surface area contributed by atoms with E-state index in [-0.39, 0.29) is 12.5 Å². The van der Waals surface area contributed by atoms with E-state index in [1.54, 1.807) is 11.8 Å². The number of hydrogen-bond donors (Lipinski definition) is 2. The van der Waals surface area contributed by atoms with E-state index in [0.717, 1.165) is 27.7 Å². The number of nitrogens with one attached hydrogen (secondary N) is 2. The summed E-state index contributed by atoms with van der Waals surface area (Å²) in [4.78, 5) is 16.7. The number of H-pyrrole nitrogens is 1. The highest BCUT2D eigenvalue weighted by molar-refractivity contribution is 7.99. The maximum Gasteiger partial charge on any atom is 0.257 e. The fraction of sp³-hybridized carbons (Fsp3) is 0.174. The zero-order chi connectivity index (χ0) is 19.3. The van der Waals surface area contributed by atoms with E-state index in [2.05, 4.69) is 35.4 Å². The third kappa shape index (κ3) is 4.15. The Labute approximate surface area is 168 Å². The first kappa shape index (κ1) is 18.4. The number of amides is 1. The molecule has 1 heterocycles. The molecule has 0 radical (unpaired) electrons. The second-order valence-corrected chi connectivity index (χ2v) is 7.73. The Morgan fingerprint density at radius 1 is 1.04 bits per heavy atom. The second-order valence-electron chi connectivity index (χ2n) is 6.62. The summed E-state index contributed by atoms with van der Waals surface area (Å²) in [6.45, 7) is 2.71. The number of carbonyl (C=O) groups is 1. The molecule has 0 aliphatic rings. The molecular weight excluding hydrogens is 368 g/mol. The van der Waals surface area contributed by atoms with Gasteiger partial charge in [0.2, 0.25) is 0 Å². The van der Waals surface area contributed by atoms with E-state index in [4.69, 9.17) is 4.74 Å². The van der Waals surface area contributed by atoms with Crippen LogP contribution in [0.1, 0.15) is 5.69 Å². The Morgan fingerprint density at radius 3 is 2.71 bits per heavy atom. The highest BCUT2D eigenvalue weighted by Gasteiger charge is 2.09. The van der Waals surface area contributed by atoms with Gasteiger partial charge >= 0.3 is 0 Å². The molecule has 0 saturated heterocycles. The molecule has 142 valence electrons. The van der Waals surface area contributed by atoms with Gasteiger partial charge in [-0.15, -0.1) is 11.8 Å². The molecule has 0 aliphatic heterocycles. The molecule has 0 unspecified atom stereocenters. The number of benzene rings is 3. The van der Waals surface area contributed by atoms with Gasteiger partial charge in [0, 0.05) is 33.8 Å². The third-order valence-electron chi connectivity index (χ3n) is 4.60. The van der Waals surface area contributed by atoms with Crippen molar-refractivity contribution in [3.05, 3.63) is 72.4 Å². The number of carbonyl (C=O) groups excluding carboxylic acids is 1. The van der Waals surface area contributed by atoms with E-state index >= 15 is 0 Å². The summed E-state index contributed by atoms with van der Waals surface area (Å²) in [7, 11) is 0. The molecule has 1 amide bonds. The van der Waals surface area contributed by atoms with Gasteiger partial charge < -0.3 is 15.0 Å². The molecule has 0 fully saturated rings. The van der Waals surface area contributed by atoms with Gasteiger partial charge in [0.25, 0.3) is 5.91 Å². The van der Waals surface area contributed by atoms with E-state index in [1.807, 2.05) is 48.5 Å². The fourth-order valence-electron chi connectivity index (χ4n) is 3.24. The lowest BCUT2D eigenvalue weighted by Crippen LogP contribution is -2.30. The average molecular weight is 391 g/mol. The van der Waals surface area contributed by atoms with Crippen molar-refractivity contribution in [3.63, 3.8) is 0 Å². The number of aromatic nitrogens is 1. The monoisotopic (exact) mass is 390 g/mol. The van der Waals surface area contributed by atoms with Gasteiger partial charge in [0.05, 0.1) is 0 Å². The molecule has 0 spiro atoms. The van der Waals surface area contributed by atoms with Gasteiger partial charge in [0.1, 0.15) is 5.75 Å². The summed E-state index contributed by atoms with van der Waals surface area (Å²) in [5, 5.41) is 6.42. The number of ether oxygens (including phenoxy) is 1. The van der Waals surface area contributed by atoms with Crippen LogP contribution in [-0.2, 0) is 4.79 Å². The zero-order valence-electron chi connectivity index (χ0n) is 15.7. The molecule has 4 nitrogen and oxygen atoms in total. The largest absolute Gasteiger partial charge is 0.484 e. The van der Waals surface area contributed by atoms with Gasteiger partial charge in [-0.05, 0) is 35.9 Å². The molecule has 1 aromatic heterocycles. The minimum atomic E-state index is -0.107. The van der Waals surface area contributed by atoms with E-state index < -0.39 is 0 Å². The van der Waals surface area contributed by atoms with Crippen molar-refractivity contribution in [2.75, 3.05) is 18.9 Å². The normalized spacial score (nSPS) is 11.0. The number of aromatic amines is 1. The summed E-state index contributed by atoms with van der Waals surface area (Å²) >= 11 is 1.75. The van der Waals surface area contributed by atoms with Gasteiger partial charge in [-0.2, -0.15) is 0 Å². The fourth-order valence-corrected chi connectivity index (χ4v) is 4.25. The van der Waals surface area contributed by atoms with Crippen molar-refractivity contribution < 1.29 is 9.53 Å². The lowest BCUT2D eigenvalue weighted by molar-refractivity contribution is -0.122. The maximum atomic E-state index is 12.1. The molecule has 0 bridgehead atoms. The van der Waals surface area contributed by atoms with Crippen LogP contribution in [0.15, 0.2) is 71.6 Å². The lowest BCUT2D eigenvalue weighted by Gasteiger charge is -2.08. The Kier molecular flexibility index (Phi) is 5.53. The van der Waals surface area contributed by atoms with Crippen LogP contribution in [0.5, 0.6) is 5.75 Å². The quantitative estimate of drug-likeness (QED) is 0.348. The molecular formula is C23H22N2O2S. The maximum absolute atomic E-state index is 12.1. The summed E-state index contributed by atoms with van der Waals surface area (Å²) in [5.74, 6) is 1.41. The van der Waals surface area contributed by atoms with Crippen molar-refractivity contribution in [1.82, 2.24) is 10.3 Å². The lowest BCUT2D eigenvalue weighted by atomic mass is 10.1. The SMILES string of the molecule is Cc1[nH]c2ccccc2c1SCCNC(=O)COc1ccc2ccccc2c1. The molecule has 5 heteroatoms. The van der Waals surface area contributed by atoms with Crippen molar-refractivity contribution in [3.8, 4) is 5.75 Å². The number of rotatable bonds is 7. The highest BCUT2D eigenvalue weighted by atomic mass is 32.2. The molecule has 4 rings (SSSR count). The molecule has 3 aromatic carbocycles. The molecule has 2 N–H and O–H groups in total. The summed E-state index contributed by atoms with van der Waals surface area (Å²) < 4.78 is 5.63. The predicted molar refractivity (Wildman–Crippen MR) is 116 cm³/mol. The van der Waals surface area contributed by atoms with Crippen LogP contribution in [0.3, 0.4) is 0 Å². The van der Waals surface area contributed by atoms with Crippen LogP contribution in [0.2, 0.25) is 0 Å². The molecule has 0 saturated carbocycles. The standard InChI is InChI=1S/C23H22N2O2S/c1-16-23(20-8-4-5-9-21(20)25-16)28-13-12-24-22(26)15-27-19-11-10-17-6-2-3-7-18(17)14-19/h2-11,14,25H,12-13,15H2,1H3,(H,24,26). The zero-order valence-corrected chi connectivity index (χ0v) is 16.5. The van der Waals surface area contributed by atoms with E-state index in [0.29, 0.717) is 12.3 Å². The van der Waals surface area contributed by atoms with Gasteiger partial charge in [-0.1, -0.05) is 48.5 Å². The number of hydrogen-bond acceptors (Lipinski definition) is 3. The van der Waals surface area contributed by atoms with Crippen LogP contribution < -0.4 is 10.1 Å². The third-order valence-corrected chi connectivity index (χ3v) is 5.82. The van der Waals surface area contributed by atoms with Crippen LogP contribution in [0.4, 0.5) is 0 Å². The topological polar surface area (TPSA) is 54.1 Å². The van der Waals surface area contributed by atoms with Crippen LogP contribution in [-0.4, -0.2) is 29.8 Å². The van der Waals surface area contributed by atoms with Crippen molar-refractivity contribution >= 4 is 39.3 Å². The van der Waals surface area contributed by atoms with Gasteiger partial charge in [-0.25, -0.2) is 0 Å². The first-order chi connectivity index (χ1) is 13.7. The number of aryl methyl sites for hydroxylation is 1. The van der Waals surface area contributed by atoms with Crippen LogP contribution >= 0.6 is 11.8 Å². The number of thioether (sulfide) groups is 1. The Morgan fingerprint density at radius 2 is 1.82 bits per heavy atom. The van der Waals surface area contributed by atoms with Crippen LogP contribution in [0, 0.1) is 6.92 Å². The van der Waals surface area contributed by atoms with Crippen molar-refractivity contribution in [2.24, 2.45) is 0 Å². The van der Waals surface area contributed by atoms with Crippen LogP contribution in [0.25, 0.3) is 21.7 Å². The summed E-state index contributed by atoms with van der Waals surface area (Å²) in [6.07, 6.45) is 0. The average Bonchev–Trinajstić information content (AvgIpc) is 3.04. The smallest absolute Gasteiger partial charge is 0.257 e. The second kappa shape index (κ2) is 8.40. The minimum Gasteiger partial charge on any atom is -0.484 e. The number of fused-ring (bicyclic) bond motifs is 2. The van der Waals surface area contributed by atoms with Gasteiger partial charge in [-0.3, -0.25) is 4.79 Å². The van der Waals surface area contributed by atoms with Crippen molar-refractivity contribution in [1.29, 1.82) is 0 Å². The summed E-state index contributed by atoms with van der Waals surface area (Å²) in [6, 6.07) is 22.2. The molecule has 0 atom stereocenters. The summed E-state index contributed by atoms with van der Waals surface area (Å²) in [5.41, 5.74) is 2.31. The van der Waals surface area contributed by atoms with E-state index in [9.17, 15) is 4.79 Å². The Hall–Kier alpha value is -2.92. The predicted octanol–water partition coefficient (Wildman–Crippen LogP) is 4.92. The molecule has 0 aliphatic carbocycles. The van der Waals surface area contributed by atoms with E-state index in [1.165, 1.54) is 10.3 Å². The van der Waals surface area contributed by atoms with Crippen molar-refractivity contribution in [2.45, 2.75) is 11.8 Å².